The van der Waals surface area contributed by atoms with Crippen LogP contribution in [0.2, 0.25) is 0 Å². The maximum absolute atomic E-state index is 12.3. The van der Waals surface area contributed by atoms with Gasteiger partial charge in [-0.2, -0.15) is 5.10 Å². The molecule has 0 aliphatic carbocycles. The van der Waals surface area contributed by atoms with Gasteiger partial charge < -0.3 is 10.6 Å². The van der Waals surface area contributed by atoms with Crippen LogP contribution in [0.5, 0.6) is 0 Å². The summed E-state index contributed by atoms with van der Waals surface area (Å²) in [6.07, 6.45) is 9.05. The van der Waals surface area contributed by atoms with Crippen molar-refractivity contribution >= 4 is 17.9 Å². The highest BCUT2D eigenvalue weighted by atomic mass is 16.2. The van der Waals surface area contributed by atoms with Crippen molar-refractivity contribution in [2.75, 3.05) is 13.1 Å². The predicted octanol–water partition coefficient (Wildman–Crippen LogP) is 2.00. The van der Waals surface area contributed by atoms with Crippen molar-refractivity contribution in [1.82, 2.24) is 14.7 Å². The van der Waals surface area contributed by atoms with E-state index in [1.807, 2.05) is 41.4 Å². The molecule has 130 valence electrons. The minimum Gasteiger partial charge on any atom is -0.370 e. The summed E-state index contributed by atoms with van der Waals surface area (Å²) in [6, 6.07) is 9.82. The van der Waals surface area contributed by atoms with Gasteiger partial charge in [-0.3, -0.25) is 9.59 Å². The molecule has 0 radical (unpaired) electrons. The molecular formula is C19H22N4O2. The largest absolute Gasteiger partial charge is 0.370 e. The van der Waals surface area contributed by atoms with Gasteiger partial charge in [-0.15, -0.1) is 0 Å². The molecule has 0 saturated carbocycles. The van der Waals surface area contributed by atoms with E-state index in [2.05, 4.69) is 5.10 Å². The lowest BCUT2D eigenvalue weighted by Crippen LogP contribution is -2.38. The van der Waals surface area contributed by atoms with Crippen molar-refractivity contribution in [3.8, 4) is 5.69 Å². The molecule has 1 aliphatic heterocycles. The van der Waals surface area contributed by atoms with Gasteiger partial charge in [-0.05, 0) is 37.0 Å². The zero-order valence-corrected chi connectivity index (χ0v) is 14.0. The van der Waals surface area contributed by atoms with E-state index in [-0.39, 0.29) is 11.8 Å². The molecule has 1 fully saturated rings. The molecule has 3 rings (SSSR count). The van der Waals surface area contributed by atoms with Gasteiger partial charge in [0.05, 0.1) is 11.9 Å². The smallest absolute Gasteiger partial charge is 0.246 e. The second-order valence-electron chi connectivity index (χ2n) is 6.33. The molecule has 0 bridgehead atoms. The summed E-state index contributed by atoms with van der Waals surface area (Å²) in [5.41, 5.74) is 7.09. The van der Waals surface area contributed by atoms with Gasteiger partial charge in [0.15, 0.2) is 0 Å². The topological polar surface area (TPSA) is 81.2 Å². The van der Waals surface area contributed by atoms with Gasteiger partial charge in [0, 0.05) is 37.3 Å². The van der Waals surface area contributed by atoms with E-state index in [0.717, 1.165) is 24.1 Å². The van der Waals surface area contributed by atoms with E-state index in [1.54, 1.807) is 23.0 Å². The molecule has 0 spiro atoms. The van der Waals surface area contributed by atoms with Crippen molar-refractivity contribution < 1.29 is 9.59 Å². The van der Waals surface area contributed by atoms with E-state index < -0.39 is 0 Å². The Kier molecular flexibility index (Phi) is 5.28. The molecule has 25 heavy (non-hydrogen) atoms. The van der Waals surface area contributed by atoms with Crippen LogP contribution in [-0.2, 0) is 9.59 Å². The van der Waals surface area contributed by atoms with Gasteiger partial charge in [0.2, 0.25) is 11.8 Å². The number of para-hydroxylation sites is 1. The van der Waals surface area contributed by atoms with Crippen LogP contribution in [0.1, 0.15) is 24.8 Å². The Hall–Kier alpha value is -2.89. The summed E-state index contributed by atoms with van der Waals surface area (Å²) in [6.45, 7) is 1.34. The van der Waals surface area contributed by atoms with Crippen LogP contribution in [0.25, 0.3) is 11.8 Å². The normalized spacial score (nSPS) is 15.6. The average molecular weight is 338 g/mol. The van der Waals surface area contributed by atoms with Crippen LogP contribution in [-0.4, -0.2) is 39.6 Å². The maximum atomic E-state index is 12.3. The van der Waals surface area contributed by atoms with Crippen molar-refractivity contribution in [2.45, 2.75) is 19.3 Å². The summed E-state index contributed by atoms with van der Waals surface area (Å²) in [4.78, 5) is 25.1. The van der Waals surface area contributed by atoms with E-state index in [0.29, 0.717) is 25.4 Å². The summed E-state index contributed by atoms with van der Waals surface area (Å²) in [5, 5.41) is 4.31. The Morgan fingerprint density at radius 3 is 2.60 bits per heavy atom. The monoisotopic (exact) mass is 338 g/mol. The molecule has 2 aromatic rings. The van der Waals surface area contributed by atoms with Crippen molar-refractivity contribution in [1.29, 1.82) is 0 Å². The number of nitrogens with two attached hydrogens (primary N) is 1. The number of hydrogen-bond donors (Lipinski definition) is 1. The third-order valence-corrected chi connectivity index (χ3v) is 4.46. The second kappa shape index (κ2) is 7.79. The number of rotatable bonds is 5. The predicted molar refractivity (Wildman–Crippen MR) is 95.7 cm³/mol. The fourth-order valence-corrected chi connectivity index (χ4v) is 3.06. The quantitative estimate of drug-likeness (QED) is 0.847. The van der Waals surface area contributed by atoms with E-state index in [9.17, 15) is 9.59 Å². The van der Waals surface area contributed by atoms with Gasteiger partial charge in [-0.1, -0.05) is 18.2 Å². The fourth-order valence-electron chi connectivity index (χ4n) is 3.06. The minimum absolute atomic E-state index is 0.00927. The van der Waals surface area contributed by atoms with Crippen LogP contribution >= 0.6 is 0 Å². The molecule has 1 aromatic heterocycles. The first-order valence-corrected chi connectivity index (χ1v) is 8.47. The lowest BCUT2D eigenvalue weighted by atomic mass is 9.93. The van der Waals surface area contributed by atoms with Crippen molar-refractivity contribution in [3.05, 3.63) is 54.4 Å². The highest BCUT2D eigenvalue weighted by Crippen LogP contribution is 2.20. The Bertz CT molecular complexity index is 759. The Morgan fingerprint density at radius 1 is 1.20 bits per heavy atom. The highest BCUT2D eigenvalue weighted by Gasteiger charge is 2.22. The first-order chi connectivity index (χ1) is 12.1. The fraction of sp³-hybridized carbons (Fsp3) is 0.316. The number of piperidine rings is 1. The number of nitrogens with zero attached hydrogens (tertiary/aromatic N) is 3. The minimum atomic E-state index is -0.264. The summed E-state index contributed by atoms with van der Waals surface area (Å²) >= 11 is 0. The summed E-state index contributed by atoms with van der Waals surface area (Å²) in [7, 11) is 0. The molecule has 6 heteroatoms. The molecule has 6 nitrogen and oxygen atoms in total. The van der Waals surface area contributed by atoms with Crippen molar-refractivity contribution in [3.63, 3.8) is 0 Å². The first kappa shape index (κ1) is 17.0. The Labute approximate surface area is 146 Å². The number of hydrogen-bond acceptors (Lipinski definition) is 3. The maximum Gasteiger partial charge on any atom is 0.246 e. The summed E-state index contributed by atoms with van der Waals surface area (Å²) in [5.74, 6) is 0.0275. The van der Waals surface area contributed by atoms with Gasteiger partial charge in [0.1, 0.15) is 0 Å². The number of aromatic nitrogens is 2. The molecule has 1 aliphatic rings. The van der Waals surface area contributed by atoms with Gasteiger partial charge in [0.25, 0.3) is 0 Å². The average Bonchev–Trinajstić information content (AvgIpc) is 3.10. The van der Waals surface area contributed by atoms with E-state index >= 15 is 0 Å². The molecule has 0 atom stereocenters. The molecule has 0 unspecified atom stereocenters. The number of likely N-dealkylation sites (tertiary alicyclic amines) is 1. The van der Waals surface area contributed by atoms with E-state index in [4.69, 9.17) is 5.73 Å². The number of primary amides is 1. The SMILES string of the molecule is NC(=O)CC1CCN(C(=O)C=Cc2cnn(-c3ccccc3)c2)CC1. The standard InChI is InChI=1S/C19H22N4O2/c20-18(24)12-15-8-10-22(11-9-15)19(25)7-6-16-13-21-23(14-16)17-4-2-1-3-5-17/h1-7,13-15H,8-12H2,(H2,20,24). The lowest BCUT2D eigenvalue weighted by molar-refractivity contribution is -0.127. The zero-order chi connectivity index (χ0) is 17.6. The van der Waals surface area contributed by atoms with Crippen molar-refractivity contribution in [2.24, 2.45) is 11.7 Å². The Balaban J connectivity index is 1.55. The number of carbonyl (C=O) groups excluding carboxylic acids is 2. The molecule has 2 N–H and O–H groups in total. The molecule has 1 saturated heterocycles. The number of benzene rings is 1. The lowest BCUT2D eigenvalue weighted by Gasteiger charge is -2.30. The third kappa shape index (κ3) is 4.56. The Morgan fingerprint density at radius 2 is 1.92 bits per heavy atom. The summed E-state index contributed by atoms with van der Waals surface area (Å²) < 4.78 is 1.78. The van der Waals surface area contributed by atoms with Crippen LogP contribution in [0, 0.1) is 5.92 Å². The molecule has 2 heterocycles. The second-order valence-corrected chi connectivity index (χ2v) is 6.33. The van der Waals surface area contributed by atoms with Crippen LogP contribution in [0.4, 0.5) is 0 Å². The first-order valence-electron chi connectivity index (χ1n) is 8.47. The third-order valence-electron chi connectivity index (χ3n) is 4.46. The van der Waals surface area contributed by atoms with Crippen LogP contribution < -0.4 is 5.73 Å². The van der Waals surface area contributed by atoms with E-state index in [1.165, 1.54) is 0 Å². The molecule has 2 amide bonds. The molecular weight excluding hydrogens is 316 g/mol. The van der Waals surface area contributed by atoms with Gasteiger partial charge in [-0.25, -0.2) is 4.68 Å². The van der Waals surface area contributed by atoms with Crippen LogP contribution in [0.15, 0.2) is 48.8 Å². The van der Waals surface area contributed by atoms with Gasteiger partial charge >= 0.3 is 0 Å². The number of carbonyl (C=O) groups is 2. The molecule has 1 aromatic carbocycles. The zero-order valence-electron chi connectivity index (χ0n) is 14.0. The van der Waals surface area contributed by atoms with Crippen LogP contribution in [0.3, 0.4) is 0 Å². The highest BCUT2D eigenvalue weighted by molar-refractivity contribution is 5.91. The number of amides is 2.